The number of pyridine rings is 1. The Hall–Kier alpha value is -2.07. The van der Waals surface area contributed by atoms with Gasteiger partial charge in [-0.05, 0) is 43.0 Å². The minimum atomic E-state index is 0.0800. The molecule has 1 aliphatic heterocycles. The molecule has 120 valence electrons. The van der Waals surface area contributed by atoms with Gasteiger partial charge in [0, 0.05) is 37.1 Å². The number of rotatable bonds is 5. The zero-order chi connectivity index (χ0) is 16.1. The van der Waals surface area contributed by atoms with E-state index in [0.717, 1.165) is 49.6 Å². The van der Waals surface area contributed by atoms with Crippen molar-refractivity contribution in [2.24, 2.45) is 0 Å². The molecule has 1 aromatic carbocycles. The van der Waals surface area contributed by atoms with Gasteiger partial charge in [0.1, 0.15) is 0 Å². The Morgan fingerprint density at radius 1 is 1.17 bits per heavy atom. The molecule has 0 atom stereocenters. The molecule has 1 saturated heterocycles. The van der Waals surface area contributed by atoms with E-state index in [4.69, 9.17) is 11.6 Å². The number of halogens is 1. The summed E-state index contributed by atoms with van der Waals surface area (Å²) in [6, 6.07) is 9.72. The van der Waals surface area contributed by atoms with E-state index in [-0.39, 0.29) is 5.91 Å². The van der Waals surface area contributed by atoms with E-state index in [1.165, 1.54) is 5.56 Å². The van der Waals surface area contributed by atoms with Gasteiger partial charge in [-0.25, -0.2) is 0 Å². The molecule has 2 heterocycles. The molecule has 0 unspecified atom stereocenters. The van der Waals surface area contributed by atoms with Crippen molar-refractivity contribution in [2.75, 3.05) is 25.0 Å². The smallest absolute Gasteiger partial charge is 0.255 e. The number of benzene rings is 1. The quantitative estimate of drug-likeness (QED) is 0.911. The lowest BCUT2D eigenvalue weighted by Gasteiger charge is -2.15. The monoisotopic (exact) mass is 329 g/mol. The molecule has 0 spiro atoms. The van der Waals surface area contributed by atoms with Crippen molar-refractivity contribution >= 4 is 23.2 Å². The maximum atomic E-state index is 12.4. The molecule has 1 aliphatic rings. The van der Waals surface area contributed by atoms with Crippen LogP contribution < -0.4 is 5.32 Å². The summed E-state index contributed by atoms with van der Waals surface area (Å²) in [5.41, 5.74) is 2.76. The highest BCUT2D eigenvalue weighted by Crippen LogP contribution is 2.15. The summed E-state index contributed by atoms with van der Waals surface area (Å²) in [5, 5.41) is 4.08. The maximum absolute atomic E-state index is 12.4. The van der Waals surface area contributed by atoms with Crippen LogP contribution >= 0.6 is 11.6 Å². The molecule has 23 heavy (non-hydrogen) atoms. The second kappa shape index (κ2) is 7.47. The number of nitrogens with one attached hydrogen (secondary N) is 1. The Labute approximate surface area is 141 Å². The minimum Gasteiger partial charge on any atom is -0.383 e. The second-order valence-electron chi connectivity index (χ2n) is 5.76. The van der Waals surface area contributed by atoms with Crippen LogP contribution in [0.4, 0.5) is 5.69 Å². The van der Waals surface area contributed by atoms with Crippen LogP contribution in [0, 0.1) is 0 Å². The van der Waals surface area contributed by atoms with Gasteiger partial charge < -0.3 is 10.2 Å². The lowest BCUT2D eigenvalue weighted by molar-refractivity contribution is 0.0792. The number of amides is 1. The minimum absolute atomic E-state index is 0.0800. The van der Waals surface area contributed by atoms with Crippen LogP contribution in [-0.2, 0) is 6.42 Å². The molecule has 0 bridgehead atoms. The number of aromatic nitrogens is 1. The average Bonchev–Trinajstić information content (AvgIpc) is 3.11. The Bertz CT molecular complexity index is 666. The topological polar surface area (TPSA) is 45.2 Å². The average molecular weight is 330 g/mol. The van der Waals surface area contributed by atoms with Crippen molar-refractivity contribution in [3.8, 4) is 0 Å². The number of carbonyl (C=O) groups is 1. The largest absolute Gasteiger partial charge is 0.383 e. The molecule has 3 rings (SSSR count). The molecule has 0 aliphatic carbocycles. The summed E-state index contributed by atoms with van der Waals surface area (Å²) in [4.78, 5) is 18.5. The van der Waals surface area contributed by atoms with Gasteiger partial charge in [-0.2, -0.15) is 0 Å². The van der Waals surface area contributed by atoms with Gasteiger partial charge in [0.25, 0.3) is 5.91 Å². The number of anilines is 1. The van der Waals surface area contributed by atoms with Gasteiger partial charge in [-0.1, -0.05) is 23.7 Å². The fourth-order valence-electron chi connectivity index (χ4n) is 2.76. The summed E-state index contributed by atoms with van der Waals surface area (Å²) < 4.78 is 0. The van der Waals surface area contributed by atoms with Crippen LogP contribution in [0.15, 0.2) is 42.7 Å². The van der Waals surface area contributed by atoms with Gasteiger partial charge >= 0.3 is 0 Å². The molecular formula is C18H20ClN3O. The lowest BCUT2D eigenvalue weighted by atomic mass is 10.1. The Kier molecular flexibility index (Phi) is 5.13. The Balaban J connectivity index is 1.56. The summed E-state index contributed by atoms with van der Waals surface area (Å²) in [6.07, 6.45) is 6.48. The SMILES string of the molecule is O=C(c1cncc(NCCc2ccc(Cl)cc2)c1)N1CCCC1. The standard InChI is InChI=1S/C18H20ClN3O/c19-16-5-3-14(4-6-16)7-8-21-17-11-15(12-20-13-17)18(23)22-9-1-2-10-22/h3-6,11-13,21H,1-2,7-10H2. The molecule has 1 fully saturated rings. The van der Waals surface area contributed by atoms with Gasteiger partial charge in [0.15, 0.2) is 0 Å². The molecule has 1 N–H and O–H groups in total. The normalized spacial score (nSPS) is 14.0. The first-order valence-electron chi connectivity index (χ1n) is 7.95. The Morgan fingerprint density at radius 3 is 2.65 bits per heavy atom. The van der Waals surface area contributed by atoms with E-state index in [9.17, 15) is 4.79 Å². The van der Waals surface area contributed by atoms with Crippen molar-refractivity contribution in [1.29, 1.82) is 0 Å². The van der Waals surface area contributed by atoms with E-state index in [1.807, 2.05) is 35.2 Å². The van der Waals surface area contributed by atoms with Crippen molar-refractivity contribution in [2.45, 2.75) is 19.3 Å². The van der Waals surface area contributed by atoms with Crippen molar-refractivity contribution < 1.29 is 4.79 Å². The van der Waals surface area contributed by atoms with Crippen LogP contribution in [-0.4, -0.2) is 35.4 Å². The predicted molar refractivity (Wildman–Crippen MR) is 93.0 cm³/mol. The van der Waals surface area contributed by atoms with Gasteiger partial charge in [-0.3, -0.25) is 9.78 Å². The first-order valence-corrected chi connectivity index (χ1v) is 8.33. The van der Waals surface area contributed by atoms with Gasteiger partial charge in [0.05, 0.1) is 11.3 Å². The molecular weight excluding hydrogens is 310 g/mol. The highest BCUT2D eigenvalue weighted by Gasteiger charge is 2.19. The number of likely N-dealkylation sites (tertiary alicyclic amines) is 1. The molecule has 1 aromatic heterocycles. The van der Waals surface area contributed by atoms with E-state index in [0.29, 0.717) is 5.56 Å². The molecule has 0 radical (unpaired) electrons. The van der Waals surface area contributed by atoms with Crippen LogP contribution in [0.3, 0.4) is 0 Å². The highest BCUT2D eigenvalue weighted by molar-refractivity contribution is 6.30. The molecule has 0 saturated carbocycles. The number of hydrogen-bond donors (Lipinski definition) is 1. The fourth-order valence-corrected chi connectivity index (χ4v) is 2.88. The van der Waals surface area contributed by atoms with Crippen LogP contribution in [0.25, 0.3) is 0 Å². The third-order valence-electron chi connectivity index (χ3n) is 4.03. The second-order valence-corrected chi connectivity index (χ2v) is 6.20. The first-order chi connectivity index (χ1) is 11.2. The third-order valence-corrected chi connectivity index (χ3v) is 4.29. The van der Waals surface area contributed by atoms with E-state index in [1.54, 1.807) is 12.4 Å². The van der Waals surface area contributed by atoms with E-state index < -0.39 is 0 Å². The molecule has 4 nitrogen and oxygen atoms in total. The summed E-state index contributed by atoms with van der Waals surface area (Å²) in [6.45, 7) is 2.49. The summed E-state index contributed by atoms with van der Waals surface area (Å²) in [7, 11) is 0. The molecule has 1 amide bonds. The number of nitrogens with zero attached hydrogens (tertiary/aromatic N) is 2. The third kappa shape index (κ3) is 4.23. The lowest BCUT2D eigenvalue weighted by Crippen LogP contribution is -2.27. The zero-order valence-corrected chi connectivity index (χ0v) is 13.7. The van der Waals surface area contributed by atoms with Crippen LogP contribution in [0.5, 0.6) is 0 Å². The summed E-state index contributed by atoms with van der Waals surface area (Å²) >= 11 is 5.88. The predicted octanol–water partition coefficient (Wildman–Crippen LogP) is 3.63. The number of hydrogen-bond acceptors (Lipinski definition) is 3. The van der Waals surface area contributed by atoms with Crippen LogP contribution in [0.1, 0.15) is 28.8 Å². The van der Waals surface area contributed by atoms with Gasteiger partial charge in [-0.15, -0.1) is 0 Å². The summed E-state index contributed by atoms with van der Waals surface area (Å²) in [5.74, 6) is 0.0800. The maximum Gasteiger partial charge on any atom is 0.255 e. The van der Waals surface area contributed by atoms with Gasteiger partial charge in [0.2, 0.25) is 0 Å². The Morgan fingerprint density at radius 2 is 1.91 bits per heavy atom. The highest BCUT2D eigenvalue weighted by atomic mass is 35.5. The van der Waals surface area contributed by atoms with Crippen LogP contribution in [0.2, 0.25) is 5.02 Å². The van der Waals surface area contributed by atoms with Crippen molar-refractivity contribution in [3.63, 3.8) is 0 Å². The molecule has 2 aromatic rings. The van der Waals surface area contributed by atoms with E-state index >= 15 is 0 Å². The van der Waals surface area contributed by atoms with Crippen molar-refractivity contribution in [1.82, 2.24) is 9.88 Å². The molecule has 5 heteroatoms. The first kappa shape index (κ1) is 15.8. The fraction of sp³-hybridized carbons (Fsp3) is 0.333. The van der Waals surface area contributed by atoms with E-state index in [2.05, 4.69) is 10.3 Å². The van der Waals surface area contributed by atoms with Crippen molar-refractivity contribution in [3.05, 3.63) is 58.9 Å². The number of carbonyl (C=O) groups excluding carboxylic acids is 1. The zero-order valence-electron chi connectivity index (χ0n) is 13.0.